The summed E-state index contributed by atoms with van der Waals surface area (Å²) in [5.74, 6) is -0.222. The second-order valence-electron chi connectivity index (χ2n) is 6.32. The highest BCUT2D eigenvalue weighted by Crippen LogP contribution is 2.15. The van der Waals surface area contributed by atoms with Crippen LogP contribution in [0, 0.1) is 0 Å². The zero-order valence-electron chi connectivity index (χ0n) is 13.5. The molecule has 0 saturated carbocycles. The summed E-state index contributed by atoms with van der Waals surface area (Å²) in [6, 6.07) is 7.74. The molecule has 0 radical (unpaired) electrons. The summed E-state index contributed by atoms with van der Waals surface area (Å²) in [5, 5.41) is 10.5. The van der Waals surface area contributed by atoms with Crippen LogP contribution in [0.4, 0.5) is 0 Å². The van der Waals surface area contributed by atoms with Crippen molar-refractivity contribution in [2.24, 2.45) is 0 Å². The third-order valence-corrected chi connectivity index (χ3v) is 4.51. The molecule has 1 fully saturated rings. The van der Waals surface area contributed by atoms with Crippen molar-refractivity contribution in [3.8, 4) is 0 Å². The minimum absolute atomic E-state index is 0.157. The Kier molecular flexibility index (Phi) is 4.43. The van der Waals surface area contributed by atoms with Gasteiger partial charge in [-0.05, 0) is 32.8 Å². The first kappa shape index (κ1) is 15.7. The van der Waals surface area contributed by atoms with Crippen LogP contribution in [0.5, 0.6) is 0 Å². The number of hydrogen-bond acceptors (Lipinski definition) is 4. The number of aromatic amines is 1. The molecule has 6 nitrogen and oxygen atoms in total. The SMILES string of the molecule is CC(C)N1CCC(NC(=O)c2n[nH]c(=O)c3ccccc23)CC1. The summed E-state index contributed by atoms with van der Waals surface area (Å²) in [4.78, 5) is 26.7. The Morgan fingerprint density at radius 3 is 2.57 bits per heavy atom. The Morgan fingerprint density at radius 1 is 1.26 bits per heavy atom. The number of aromatic nitrogens is 2. The van der Waals surface area contributed by atoms with E-state index in [-0.39, 0.29) is 23.2 Å². The van der Waals surface area contributed by atoms with Crippen LogP contribution >= 0.6 is 0 Å². The summed E-state index contributed by atoms with van der Waals surface area (Å²) in [7, 11) is 0. The van der Waals surface area contributed by atoms with Gasteiger partial charge in [-0.15, -0.1) is 0 Å². The number of nitrogens with zero attached hydrogens (tertiary/aromatic N) is 2. The third kappa shape index (κ3) is 3.27. The van der Waals surface area contributed by atoms with E-state index >= 15 is 0 Å². The molecule has 1 aromatic heterocycles. The minimum atomic E-state index is -0.276. The van der Waals surface area contributed by atoms with Crippen molar-refractivity contribution in [2.45, 2.75) is 38.8 Å². The summed E-state index contributed by atoms with van der Waals surface area (Å²) in [5.41, 5.74) is 0.00822. The van der Waals surface area contributed by atoms with E-state index in [9.17, 15) is 9.59 Å². The number of likely N-dealkylation sites (tertiary alicyclic amines) is 1. The van der Waals surface area contributed by atoms with Gasteiger partial charge in [0.2, 0.25) is 0 Å². The van der Waals surface area contributed by atoms with Crippen LogP contribution in [0.25, 0.3) is 10.8 Å². The number of fused-ring (bicyclic) bond motifs is 1. The number of rotatable bonds is 3. The standard InChI is InChI=1S/C17H22N4O2/c1-11(2)21-9-7-12(8-10-21)18-17(23)15-13-5-3-4-6-14(13)16(22)20-19-15/h3-6,11-12H,7-10H2,1-2H3,(H,18,23)(H,20,22). The molecule has 1 amide bonds. The monoisotopic (exact) mass is 314 g/mol. The predicted molar refractivity (Wildman–Crippen MR) is 89.6 cm³/mol. The molecule has 0 spiro atoms. The van der Waals surface area contributed by atoms with Crippen LogP contribution in [0.2, 0.25) is 0 Å². The average molecular weight is 314 g/mol. The highest BCUT2D eigenvalue weighted by Gasteiger charge is 2.23. The van der Waals surface area contributed by atoms with Gasteiger partial charge in [0, 0.05) is 30.6 Å². The van der Waals surface area contributed by atoms with Crippen LogP contribution in [0.15, 0.2) is 29.1 Å². The summed E-state index contributed by atoms with van der Waals surface area (Å²) < 4.78 is 0. The van der Waals surface area contributed by atoms with Crippen LogP contribution in [-0.2, 0) is 0 Å². The molecule has 1 aliphatic rings. The zero-order chi connectivity index (χ0) is 16.4. The number of hydrogen-bond donors (Lipinski definition) is 2. The van der Waals surface area contributed by atoms with Gasteiger partial charge in [-0.25, -0.2) is 5.10 Å². The van der Waals surface area contributed by atoms with Crippen LogP contribution < -0.4 is 10.9 Å². The molecule has 2 heterocycles. The van der Waals surface area contributed by atoms with Crippen molar-refractivity contribution in [3.63, 3.8) is 0 Å². The van der Waals surface area contributed by atoms with Crippen molar-refractivity contribution >= 4 is 16.7 Å². The molecular formula is C17H22N4O2. The molecule has 122 valence electrons. The molecule has 2 N–H and O–H groups in total. The number of piperidine rings is 1. The Labute approximate surface area is 134 Å². The van der Waals surface area contributed by atoms with Crippen LogP contribution in [0.1, 0.15) is 37.2 Å². The fourth-order valence-corrected chi connectivity index (χ4v) is 3.10. The van der Waals surface area contributed by atoms with Crippen molar-refractivity contribution < 1.29 is 4.79 Å². The smallest absolute Gasteiger partial charge is 0.272 e. The normalized spacial score (nSPS) is 16.8. The van der Waals surface area contributed by atoms with Crippen molar-refractivity contribution in [3.05, 3.63) is 40.3 Å². The highest BCUT2D eigenvalue weighted by molar-refractivity contribution is 6.04. The average Bonchev–Trinajstić information content (AvgIpc) is 2.56. The summed E-state index contributed by atoms with van der Waals surface area (Å²) in [6.45, 7) is 6.36. The molecule has 6 heteroatoms. The lowest BCUT2D eigenvalue weighted by Crippen LogP contribution is -2.46. The van der Waals surface area contributed by atoms with Gasteiger partial charge in [0.15, 0.2) is 5.69 Å². The molecule has 3 rings (SSSR count). The lowest BCUT2D eigenvalue weighted by molar-refractivity contribution is 0.0896. The second-order valence-corrected chi connectivity index (χ2v) is 6.32. The topological polar surface area (TPSA) is 78.1 Å². The number of amides is 1. The van der Waals surface area contributed by atoms with Crippen LogP contribution in [0.3, 0.4) is 0 Å². The van der Waals surface area contributed by atoms with Crippen LogP contribution in [-0.4, -0.2) is 46.2 Å². The lowest BCUT2D eigenvalue weighted by Gasteiger charge is -2.34. The molecule has 1 saturated heterocycles. The summed E-state index contributed by atoms with van der Waals surface area (Å²) in [6.07, 6.45) is 1.87. The molecule has 0 bridgehead atoms. The molecular weight excluding hydrogens is 292 g/mol. The number of H-pyrrole nitrogens is 1. The van der Waals surface area contributed by atoms with Crippen molar-refractivity contribution in [1.29, 1.82) is 0 Å². The molecule has 0 atom stereocenters. The van der Waals surface area contributed by atoms with Gasteiger partial charge in [0.05, 0.1) is 5.39 Å². The number of benzene rings is 1. The van der Waals surface area contributed by atoms with Crippen molar-refractivity contribution in [2.75, 3.05) is 13.1 Å². The van der Waals surface area contributed by atoms with Crippen molar-refractivity contribution in [1.82, 2.24) is 20.4 Å². The number of carbonyl (C=O) groups excluding carboxylic acids is 1. The zero-order valence-corrected chi connectivity index (χ0v) is 13.5. The first-order valence-corrected chi connectivity index (χ1v) is 8.08. The highest BCUT2D eigenvalue weighted by atomic mass is 16.2. The Hall–Kier alpha value is -2.21. The Bertz CT molecular complexity index is 761. The molecule has 0 unspecified atom stereocenters. The van der Waals surface area contributed by atoms with Gasteiger partial charge in [0.1, 0.15) is 0 Å². The fraction of sp³-hybridized carbons (Fsp3) is 0.471. The molecule has 1 aliphatic heterocycles. The van der Waals surface area contributed by atoms with E-state index in [1.165, 1.54) is 0 Å². The van der Waals surface area contributed by atoms with E-state index in [4.69, 9.17) is 0 Å². The van der Waals surface area contributed by atoms with Gasteiger partial charge < -0.3 is 10.2 Å². The van der Waals surface area contributed by atoms with E-state index in [0.717, 1.165) is 25.9 Å². The lowest BCUT2D eigenvalue weighted by atomic mass is 10.0. The molecule has 23 heavy (non-hydrogen) atoms. The number of carbonyl (C=O) groups is 1. The van der Waals surface area contributed by atoms with Gasteiger partial charge in [0.25, 0.3) is 11.5 Å². The van der Waals surface area contributed by atoms with Gasteiger partial charge >= 0.3 is 0 Å². The summed E-state index contributed by atoms with van der Waals surface area (Å²) >= 11 is 0. The number of nitrogens with one attached hydrogen (secondary N) is 2. The van der Waals surface area contributed by atoms with Gasteiger partial charge in [-0.2, -0.15) is 5.10 Å². The Morgan fingerprint density at radius 2 is 1.91 bits per heavy atom. The van der Waals surface area contributed by atoms with Gasteiger partial charge in [-0.3, -0.25) is 9.59 Å². The van der Waals surface area contributed by atoms with E-state index in [1.54, 1.807) is 24.3 Å². The third-order valence-electron chi connectivity index (χ3n) is 4.51. The fourth-order valence-electron chi connectivity index (χ4n) is 3.10. The molecule has 1 aromatic carbocycles. The maximum Gasteiger partial charge on any atom is 0.272 e. The van der Waals surface area contributed by atoms with E-state index in [0.29, 0.717) is 16.8 Å². The first-order chi connectivity index (χ1) is 11.1. The maximum absolute atomic E-state index is 12.5. The first-order valence-electron chi connectivity index (χ1n) is 8.08. The quantitative estimate of drug-likeness (QED) is 0.900. The molecule has 2 aromatic rings. The largest absolute Gasteiger partial charge is 0.348 e. The van der Waals surface area contributed by atoms with Gasteiger partial charge in [-0.1, -0.05) is 18.2 Å². The van der Waals surface area contributed by atoms with E-state index in [2.05, 4.69) is 34.3 Å². The Balaban J connectivity index is 1.75. The van der Waals surface area contributed by atoms with E-state index < -0.39 is 0 Å². The molecule has 0 aliphatic carbocycles. The van der Waals surface area contributed by atoms with E-state index in [1.807, 2.05) is 0 Å². The second kappa shape index (κ2) is 6.50. The minimum Gasteiger partial charge on any atom is -0.348 e. The maximum atomic E-state index is 12.5. The predicted octanol–water partition coefficient (Wildman–Crippen LogP) is 1.53.